The number of aryl methyl sites for hydroxylation is 2. The first-order chi connectivity index (χ1) is 17.0. The Balaban J connectivity index is 1.41. The number of anilines is 1. The molecule has 11 nitrogen and oxygen atoms in total. The molecule has 190 valence electrons. The van der Waals surface area contributed by atoms with Gasteiger partial charge in [0.25, 0.3) is 5.91 Å². The smallest absolute Gasteiger partial charge is 0.336 e. The molecular weight excluding hydrogens is 466 g/mol. The lowest BCUT2D eigenvalue weighted by Crippen LogP contribution is -2.42. The minimum atomic E-state index is -1.04. The molecule has 0 saturated carbocycles. The van der Waals surface area contributed by atoms with Crippen molar-refractivity contribution in [2.24, 2.45) is 0 Å². The number of carbonyl (C=O) groups is 2. The molecule has 36 heavy (non-hydrogen) atoms. The minimum absolute atomic E-state index is 0.0882. The minimum Gasteiger partial charge on any atom is -0.508 e. The van der Waals surface area contributed by atoms with Gasteiger partial charge in [-0.05, 0) is 39.3 Å². The number of carboxylic acids is 1. The number of amides is 1. The molecule has 0 fully saturated rings. The Labute approximate surface area is 207 Å². The number of nitrogens with one attached hydrogen (secondary N) is 2. The quantitative estimate of drug-likeness (QED) is 0.301. The summed E-state index contributed by atoms with van der Waals surface area (Å²) < 4.78 is 7.22. The highest BCUT2D eigenvalue weighted by Crippen LogP contribution is 2.38. The maximum atomic E-state index is 11.6. The van der Waals surface area contributed by atoms with E-state index in [1.54, 1.807) is 22.9 Å². The lowest BCUT2D eigenvalue weighted by Gasteiger charge is -2.29. The number of carbonyl (C=O) groups excluding carboxylic acids is 1. The summed E-state index contributed by atoms with van der Waals surface area (Å²) in [6.45, 7) is 6.32. The number of hydrogen-bond acceptors (Lipinski definition) is 8. The molecule has 0 radical (unpaired) electrons. The SMILES string of the molecule is Cc1nc(-c2ccccc2C(=O)O)nn1CCC(C)(C)NCC(O)c1cc(O)cc2c1OCC(=O)N2. The average Bonchev–Trinajstić information content (AvgIpc) is 3.21. The third kappa shape index (κ3) is 5.47. The number of aromatic hydroxyl groups is 1. The van der Waals surface area contributed by atoms with Gasteiger partial charge in [-0.25, -0.2) is 14.5 Å². The fourth-order valence-corrected chi connectivity index (χ4v) is 4.03. The molecule has 0 bridgehead atoms. The van der Waals surface area contributed by atoms with Crippen molar-refractivity contribution < 1.29 is 29.6 Å². The van der Waals surface area contributed by atoms with Crippen LogP contribution in [0.25, 0.3) is 11.4 Å². The van der Waals surface area contributed by atoms with Gasteiger partial charge in [-0.3, -0.25) is 4.79 Å². The number of nitrogens with zero attached hydrogens (tertiary/aromatic N) is 3. The Morgan fingerprint density at radius 1 is 1.31 bits per heavy atom. The van der Waals surface area contributed by atoms with Crippen molar-refractivity contribution in [3.63, 3.8) is 0 Å². The highest BCUT2D eigenvalue weighted by atomic mass is 16.5. The number of ether oxygens (including phenoxy) is 1. The van der Waals surface area contributed by atoms with Crippen molar-refractivity contribution in [2.75, 3.05) is 18.5 Å². The molecule has 5 N–H and O–H groups in total. The van der Waals surface area contributed by atoms with E-state index in [2.05, 4.69) is 20.7 Å². The van der Waals surface area contributed by atoms with Crippen molar-refractivity contribution >= 4 is 17.6 Å². The molecular formula is C25H29N5O6. The molecule has 11 heteroatoms. The first-order valence-electron chi connectivity index (χ1n) is 11.5. The van der Waals surface area contributed by atoms with Crippen LogP contribution >= 0.6 is 0 Å². The summed E-state index contributed by atoms with van der Waals surface area (Å²) in [4.78, 5) is 27.6. The molecule has 1 atom stereocenters. The lowest BCUT2D eigenvalue weighted by atomic mass is 9.99. The largest absolute Gasteiger partial charge is 0.508 e. The van der Waals surface area contributed by atoms with Gasteiger partial charge in [0.1, 0.15) is 17.3 Å². The van der Waals surface area contributed by atoms with Gasteiger partial charge in [-0.1, -0.05) is 18.2 Å². The van der Waals surface area contributed by atoms with Crippen LogP contribution in [-0.4, -0.2) is 60.7 Å². The molecule has 1 aliphatic rings. The number of aliphatic hydroxyl groups is 1. The van der Waals surface area contributed by atoms with Crippen LogP contribution in [-0.2, 0) is 11.3 Å². The lowest BCUT2D eigenvalue weighted by molar-refractivity contribution is -0.118. The number of aromatic carboxylic acids is 1. The number of benzene rings is 2. The topological polar surface area (TPSA) is 159 Å². The second kappa shape index (κ2) is 9.96. The van der Waals surface area contributed by atoms with Gasteiger partial charge in [0.2, 0.25) is 0 Å². The van der Waals surface area contributed by atoms with E-state index in [4.69, 9.17) is 4.74 Å². The van der Waals surface area contributed by atoms with Crippen molar-refractivity contribution in [3.05, 3.63) is 53.3 Å². The van der Waals surface area contributed by atoms with Crippen molar-refractivity contribution in [1.29, 1.82) is 0 Å². The third-order valence-corrected chi connectivity index (χ3v) is 6.06. The van der Waals surface area contributed by atoms with E-state index >= 15 is 0 Å². The molecule has 0 spiro atoms. The predicted molar refractivity (Wildman–Crippen MR) is 131 cm³/mol. The van der Waals surface area contributed by atoms with Gasteiger partial charge in [0.15, 0.2) is 12.4 Å². The van der Waals surface area contributed by atoms with Crippen LogP contribution in [0.15, 0.2) is 36.4 Å². The number of aromatic nitrogens is 3. The Kier molecular flexibility index (Phi) is 6.95. The van der Waals surface area contributed by atoms with E-state index < -0.39 is 17.6 Å². The number of phenols is 1. The van der Waals surface area contributed by atoms with Crippen LogP contribution in [0.5, 0.6) is 11.5 Å². The van der Waals surface area contributed by atoms with Crippen LogP contribution < -0.4 is 15.4 Å². The molecule has 1 aromatic heterocycles. The van der Waals surface area contributed by atoms with Crippen molar-refractivity contribution in [1.82, 2.24) is 20.1 Å². The molecule has 0 aliphatic carbocycles. The van der Waals surface area contributed by atoms with Gasteiger partial charge >= 0.3 is 5.97 Å². The van der Waals surface area contributed by atoms with Gasteiger partial charge in [-0.2, -0.15) is 5.10 Å². The van der Waals surface area contributed by atoms with E-state index in [1.807, 2.05) is 20.8 Å². The predicted octanol–water partition coefficient (Wildman–Crippen LogP) is 2.48. The van der Waals surface area contributed by atoms with E-state index in [-0.39, 0.29) is 30.4 Å². The number of hydrogen-bond donors (Lipinski definition) is 5. The summed E-state index contributed by atoms with van der Waals surface area (Å²) >= 11 is 0. The molecule has 0 saturated heterocycles. The highest BCUT2D eigenvalue weighted by molar-refractivity contribution is 5.96. The van der Waals surface area contributed by atoms with Gasteiger partial charge in [-0.15, -0.1) is 0 Å². The number of fused-ring (bicyclic) bond motifs is 1. The van der Waals surface area contributed by atoms with Crippen molar-refractivity contribution in [3.8, 4) is 22.9 Å². The molecule has 1 amide bonds. The van der Waals surface area contributed by atoms with E-state index in [0.29, 0.717) is 47.2 Å². The average molecular weight is 496 g/mol. The number of β-amino-alcohol motifs (C(OH)–C–C–N with tert-alkyl or cyclic N) is 1. The van der Waals surface area contributed by atoms with Crippen LogP contribution in [0.3, 0.4) is 0 Å². The van der Waals surface area contributed by atoms with Crippen LogP contribution in [0.4, 0.5) is 5.69 Å². The maximum Gasteiger partial charge on any atom is 0.336 e. The highest BCUT2D eigenvalue weighted by Gasteiger charge is 2.26. The zero-order chi connectivity index (χ0) is 26.0. The second-order valence-electron chi connectivity index (χ2n) is 9.34. The molecule has 2 aromatic carbocycles. The molecule has 1 unspecified atom stereocenters. The fraction of sp³-hybridized carbons (Fsp3) is 0.360. The molecule has 2 heterocycles. The summed E-state index contributed by atoms with van der Waals surface area (Å²) in [5, 5.41) is 40.8. The summed E-state index contributed by atoms with van der Waals surface area (Å²) in [6.07, 6.45) is -0.360. The molecule has 1 aliphatic heterocycles. The number of phenolic OH excluding ortho intramolecular Hbond substituents is 1. The maximum absolute atomic E-state index is 11.6. The Bertz CT molecular complexity index is 1300. The van der Waals surface area contributed by atoms with Crippen LogP contribution in [0.1, 0.15) is 48.1 Å². The summed E-state index contributed by atoms with van der Waals surface area (Å²) in [5.41, 5.74) is 0.886. The van der Waals surface area contributed by atoms with Crippen LogP contribution in [0.2, 0.25) is 0 Å². The summed E-state index contributed by atoms with van der Waals surface area (Å²) in [7, 11) is 0. The third-order valence-electron chi connectivity index (χ3n) is 6.06. The Hall–Kier alpha value is -3.96. The standard InChI is InChI=1S/C25H29N5O6/c1-14-27-23(16-6-4-5-7-17(16)24(34)35)29-30(14)9-8-25(2,3)26-12-20(32)18-10-15(31)11-19-22(18)36-13-21(33)28-19/h4-7,10-11,20,26,31-32H,8-9,12-13H2,1-3H3,(H,28,33)(H,34,35). The fourth-order valence-electron chi connectivity index (χ4n) is 4.03. The van der Waals surface area contributed by atoms with Crippen molar-refractivity contribution in [2.45, 2.75) is 45.4 Å². The van der Waals surface area contributed by atoms with Gasteiger partial charge in [0.05, 0.1) is 17.4 Å². The first kappa shape index (κ1) is 25.1. The Morgan fingerprint density at radius 3 is 2.81 bits per heavy atom. The zero-order valence-electron chi connectivity index (χ0n) is 20.3. The number of rotatable bonds is 9. The second-order valence-corrected chi connectivity index (χ2v) is 9.34. The Morgan fingerprint density at radius 2 is 2.06 bits per heavy atom. The summed E-state index contributed by atoms with van der Waals surface area (Å²) in [5.74, 6) is -0.101. The zero-order valence-corrected chi connectivity index (χ0v) is 20.3. The van der Waals surface area contributed by atoms with E-state index in [1.165, 1.54) is 18.2 Å². The summed E-state index contributed by atoms with van der Waals surface area (Å²) in [6, 6.07) is 9.42. The number of aliphatic hydroxyl groups excluding tert-OH is 1. The molecule has 4 rings (SSSR count). The normalized spacial score (nSPS) is 14.1. The van der Waals surface area contributed by atoms with Crippen LogP contribution in [0, 0.1) is 6.92 Å². The molecule has 3 aromatic rings. The van der Waals surface area contributed by atoms with E-state index in [9.17, 15) is 24.9 Å². The van der Waals surface area contributed by atoms with Gasteiger partial charge in [0, 0.05) is 35.8 Å². The van der Waals surface area contributed by atoms with Gasteiger partial charge < -0.3 is 30.7 Å². The number of carboxylic acid groups (broad SMARTS) is 1. The monoisotopic (exact) mass is 495 g/mol. The first-order valence-corrected chi connectivity index (χ1v) is 11.5. The van der Waals surface area contributed by atoms with E-state index in [0.717, 1.165) is 0 Å².